The number of amides is 1. The Hall–Kier alpha value is -2.20. The fourth-order valence-corrected chi connectivity index (χ4v) is 2.16. The highest BCUT2D eigenvalue weighted by molar-refractivity contribution is 8.93. The first-order chi connectivity index (χ1) is 9.81. The van der Waals surface area contributed by atoms with Gasteiger partial charge in [-0.1, -0.05) is 36.4 Å². The molecule has 21 heavy (non-hydrogen) atoms. The molecule has 0 aliphatic heterocycles. The Morgan fingerprint density at radius 2 is 1.57 bits per heavy atom. The number of benzene rings is 2. The van der Waals surface area contributed by atoms with Crippen LogP contribution >= 0.6 is 17.0 Å². The predicted octanol–water partition coefficient (Wildman–Crippen LogP) is 3.34. The molecule has 106 valence electrons. The van der Waals surface area contributed by atoms with Crippen LogP contribution in [0.25, 0.3) is 10.8 Å². The van der Waals surface area contributed by atoms with Crippen LogP contribution in [0.3, 0.4) is 0 Å². The van der Waals surface area contributed by atoms with Gasteiger partial charge in [-0.2, -0.15) is 4.57 Å². The molecular formula is C17H16BrN2O+. The predicted molar refractivity (Wildman–Crippen MR) is 89.5 cm³/mol. The van der Waals surface area contributed by atoms with Gasteiger partial charge in [0.25, 0.3) is 5.91 Å². The lowest BCUT2D eigenvalue weighted by Gasteiger charge is -2.03. The summed E-state index contributed by atoms with van der Waals surface area (Å²) in [7, 11) is 0. The SMILES string of the molecule is Br.O=C(C[n+]1ccc2ccccc2c1)Nc1ccccc1. The number of nitrogens with zero attached hydrogens (tertiary/aromatic N) is 1. The highest BCUT2D eigenvalue weighted by atomic mass is 79.9. The molecule has 1 heterocycles. The van der Waals surface area contributed by atoms with Crippen LogP contribution in [0, 0.1) is 0 Å². The van der Waals surface area contributed by atoms with Crippen LogP contribution in [0.2, 0.25) is 0 Å². The van der Waals surface area contributed by atoms with E-state index in [1.165, 1.54) is 5.39 Å². The second kappa shape index (κ2) is 6.99. The van der Waals surface area contributed by atoms with E-state index in [1.807, 2.05) is 71.6 Å². The van der Waals surface area contributed by atoms with Crippen molar-refractivity contribution in [3.8, 4) is 0 Å². The quantitative estimate of drug-likeness (QED) is 0.727. The zero-order valence-corrected chi connectivity index (χ0v) is 13.1. The van der Waals surface area contributed by atoms with Crippen molar-refractivity contribution in [2.24, 2.45) is 0 Å². The van der Waals surface area contributed by atoms with Gasteiger partial charge in [0.15, 0.2) is 12.4 Å². The minimum Gasteiger partial charge on any atom is -0.321 e. The fourth-order valence-electron chi connectivity index (χ4n) is 2.16. The summed E-state index contributed by atoms with van der Waals surface area (Å²) in [6.45, 7) is 0.305. The maximum absolute atomic E-state index is 12.0. The largest absolute Gasteiger partial charge is 0.321 e. The Kier molecular flexibility index (Phi) is 5.06. The van der Waals surface area contributed by atoms with Crippen molar-refractivity contribution >= 4 is 39.3 Å². The number of hydrogen-bond donors (Lipinski definition) is 1. The van der Waals surface area contributed by atoms with Gasteiger partial charge in [0.1, 0.15) is 0 Å². The number of pyridine rings is 1. The van der Waals surface area contributed by atoms with Gasteiger partial charge < -0.3 is 5.32 Å². The van der Waals surface area contributed by atoms with Crippen LogP contribution < -0.4 is 9.88 Å². The first kappa shape index (κ1) is 15.2. The smallest absolute Gasteiger partial charge is 0.290 e. The van der Waals surface area contributed by atoms with E-state index in [0.717, 1.165) is 11.1 Å². The highest BCUT2D eigenvalue weighted by Crippen LogP contribution is 2.09. The number of anilines is 1. The number of carbonyl (C=O) groups excluding carboxylic acids is 1. The number of rotatable bonds is 3. The normalized spacial score (nSPS) is 9.90. The summed E-state index contributed by atoms with van der Waals surface area (Å²) in [5, 5.41) is 5.18. The van der Waals surface area contributed by atoms with Crippen molar-refractivity contribution < 1.29 is 9.36 Å². The molecule has 0 fully saturated rings. The summed E-state index contributed by atoms with van der Waals surface area (Å²) < 4.78 is 1.89. The average Bonchev–Trinajstić information content (AvgIpc) is 2.48. The van der Waals surface area contributed by atoms with Gasteiger partial charge in [-0.25, -0.2) is 0 Å². The molecule has 0 aliphatic rings. The van der Waals surface area contributed by atoms with Crippen LogP contribution in [0.15, 0.2) is 73.1 Å². The molecule has 2 aromatic carbocycles. The summed E-state index contributed by atoms with van der Waals surface area (Å²) in [5.74, 6) is -0.0310. The maximum atomic E-state index is 12.0. The van der Waals surface area contributed by atoms with Crippen molar-refractivity contribution in [1.29, 1.82) is 0 Å². The van der Waals surface area contributed by atoms with Gasteiger partial charge in [0, 0.05) is 17.1 Å². The minimum absolute atomic E-state index is 0. The number of carbonyl (C=O) groups is 1. The van der Waals surface area contributed by atoms with E-state index in [4.69, 9.17) is 0 Å². The van der Waals surface area contributed by atoms with E-state index < -0.39 is 0 Å². The Labute approximate surface area is 134 Å². The van der Waals surface area contributed by atoms with Gasteiger partial charge in [0.2, 0.25) is 6.54 Å². The Morgan fingerprint density at radius 3 is 2.33 bits per heavy atom. The van der Waals surface area contributed by atoms with E-state index >= 15 is 0 Å². The van der Waals surface area contributed by atoms with E-state index in [1.54, 1.807) is 0 Å². The molecule has 3 rings (SSSR count). The third kappa shape index (κ3) is 3.89. The third-order valence-electron chi connectivity index (χ3n) is 3.13. The molecular weight excluding hydrogens is 328 g/mol. The molecule has 1 aromatic heterocycles. The number of aromatic nitrogens is 1. The summed E-state index contributed by atoms with van der Waals surface area (Å²) in [4.78, 5) is 12.0. The average molecular weight is 344 g/mol. The molecule has 3 nitrogen and oxygen atoms in total. The highest BCUT2D eigenvalue weighted by Gasteiger charge is 2.10. The number of nitrogens with one attached hydrogen (secondary N) is 1. The number of hydrogen-bond acceptors (Lipinski definition) is 1. The van der Waals surface area contributed by atoms with Gasteiger partial charge in [-0.15, -0.1) is 17.0 Å². The molecule has 0 saturated heterocycles. The maximum Gasteiger partial charge on any atom is 0.290 e. The zero-order valence-electron chi connectivity index (χ0n) is 11.4. The summed E-state index contributed by atoms with van der Waals surface area (Å²) >= 11 is 0. The van der Waals surface area contributed by atoms with Crippen molar-refractivity contribution in [3.05, 3.63) is 73.1 Å². The number of fused-ring (bicyclic) bond motifs is 1. The number of halogens is 1. The van der Waals surface area contributed by atoms with E-state index in [9.17, 15) is 4.79 Å². The summed E-state index contributed by atoms with van der Waals surface area (Å²) in [5.41, 5.74) is 0.818. The molecule has 0 bridgehead atoms. The van der Waals surface area contributed by atoms with Crippen LogP contribution in [0.1, 0.15) is 0 Å². The molecule has 1 N–H and O–H groups in total. The molecule has 0 radical (unpaired) electrons. The lowest BCUT2D eigenvalue weighted by atomic mass is 10.2. The van der Waals surface area contributed by atoms with Gasteiger partial charge in [-0.3, -0.25) is 4.79 Å². The van der Waals surface area contributed by atoms with E-state index in [2.05, 4.69) is 11.4 Å². The first-order valence-electron chi connectivity index (χ1n) is 6.54. The molecule has 4 heteroatoms. The third-order valence-corrected chi connectivity index (χ3v) is 3.13. The molecule has 0 aliphatic carbocycles. The Morgan fingerprint density at radius 1 is 0.905 bits per heavy atom. The van der Waals surface area contributed by atoms with E-state index in [0.29, 0.717) is 6.54 Å². The van der Waals surface area contributed by atoms with Crippen LogP contribution in [0.5, 0.6) is 0 Å². The van der Waals surface area contributed by atoms with Crippen LogP contribution in [-0.2, 0) is 11.3 Å². The molecule has 1 amide bonds. The lowest BCUT2D eigenvalue weighted by Crippen LogP contribution is -2.39. The van der Waals surface area contributed by atoms with Crippen molar-refractivity contribution in [2.45, 2.75) is 6.54 Å². The summed E-state index contributed by atoms with van der Waals surface area (Å²) in [6, 6.07) is 19.6. The second-order valence-electron chi connectivity index (χ2n) is 4.66. The second-order valence-corrected chi connectivity index (χ2v) is 4.66. The molecule has 0 spiro atoms. The van der Waals surface area contributed by atoms with E-state index in [-0.39, 0.29) is 22.9 Å². The van der Waals surface area contributed by atoms with Crippen molar-refractivity contribution in [1.82, 2.24) is 0 Å². The van der Waals surface area contributed by atoms with Crippen LogP contribution in [-0.4, -0.2) is 5.91 Å². The Balaban J connectivity index is 0.00000161. The number of para-hydroxylation sites is 1. The lowest BCUT2D eigenvalue weighted by molar-refractivity contribution is -0.682. The zero-order chi connectivity index (χ0) is 13.8. The minimum atomic E-state index is -0.0310. The Bertz CT molecular complexity index is 744. The standard InChI is InChI=1S/C17H14N2O.BrH/c20-17(18-16-8-2-1-3-9-16)13-19-11-10-14-6-4-5-7-15(14)12-19;/h1-12H,13H2;1H/p+1. The topological polar surface area (TPSA) is 33.0 Å². The fraction of sp³-hybridized carbons (Fsp3) is 0.0588. The van der Waals surface area contributed by atoms with Crippen molar-refractivity contribution in [2.75, 3.05) is 5.32 Å². The van der Waals surface area contributed by atoms with Crippen LogP contribution in [0.4, 0.5) is 5.69 Å². The monoisotopic (exact) mass is 343 g/mol. The van der Waals surface area contributed by atoms with Gasteiger partial charge in [0.05, 0.1) is 0 Å². The first-order valence-corrected chi connectivity index (χ1v) is 6.54. The molecule has 0 saturated carbocycles. The van der Waals surface area contributed by atoms with Crippen molar-refractivity contribution in [3.63, 3.8) is 0 Å². The molecule has 0 unspecified atom stereocenters. The summed E-state index contributed by atoms with van der Waals surface area (Å²) in [6.07, 6.45) is 3.91. The molecule has 0 atom stereocenters. The molecule has 3 aromatic rings. The van der Waals surface area contributed by atoms with Gasteiger partial charge in [-0.05, 0) is 23.6 Å². The van der Waals surface area contributed by atoms with Gasteiger partial charge >= 0.3 is 0 Å².